The maximum Gasteiger partial charge on any atom is 0.224 e. The minimum atomic E-state index is 0.192. The van der Waals surface area contributed by atoms with Crippen LogP contribution in [0.4, 0.5) is 5.82 Å². The molecule has 3 N–H and O–H groups in total. The molecule has 0 aliphatic heterocycles. The molecule has 1 heterocycles. The van der Waals surface area contributed by atoms with Gasteiger partial charge in [-0.2, -0.15) is 4.98 Å². The molecule has 1 aromatic heterocycles. The van der Waals surface area contributed by atoms with Crippen molar-refractivity contribution in [1.82, 2.24) is 9.97 Å². The topological polar surface area (TPSA) is 73.1 Å². The Kier molecular flexibility index (Phi) is 4.57. The molecule has 0 radical (unpaired) electrons. The Bertz CT molecular complexity index is 616. The summed E-state index contributed by atoms with van der Waals surface area (Å²) >= 11 is 3.46. The van der Waals surface area contributed by atoms with Gasteiger partial charge in [-0.15, -0.1) is 0 Å². The monoisotopic (exact) mass is 336 g/mol. The Morgan fingerprint density at radius 1 is 1.25 bits per heavy atom. The zero-order valence-corrected chi connectivity index (χ0v) is 13.2. The first kappa shape index (κ1) is 14.7. The standard InChI is InChI=1S/C14H17BrN4O/c1-8(2)14-17-12(19-16)7-13(18-14)20-10-4-5-11(15)9(3)6-10/h4-8H,16H2,1-3H3,(H,17,18,19). The number of halogens is 1. The lowest BCUT2D eigenvalue weighted by atomic mass is 10.2. The molecule has 0 atom stereocenters. The van der Waals surface area contributed by atoms with Gasteiger partial charge in [-0.3, -0.25) is 0 Å². The molecule has 0 saturated heterocycles. The Hall–Kier alpha value is -1.66. The number of nitrogen functional groups attached to an aromatic ring is 1. The molecular formula is C14H17BrN4O. The molecular weight excluding hydrogens is 320 g/mol. The zero-order chi connectivity index (χ0) is 14.7. The molecule has 0 bridgehead atoms. The van der Waals surface area contributed by atoms with Crippen molar-refractivity contribution in [3.05, 3.63) is 40.1 Å². The van der Waals surface area contributed by atoms with Gasteiger partial charge < -0.3 is 10.2 Å². The number of anilines is 1. The van der Waals surface area contributed by atoms with E-state index in [-0.39, 0.29) is 5.92 Å². The number of rotatable bonds is 4. The van der Waals surface area contributed by atoms with Gasteiger partial charge in [-0.1, -0.05) is 29.8 Å². The van der Waals surface area contributed by atoms with Crippen molar-refractivity contribution in [1.29, 1.82) is 0 Å². The van der Waals surface area contributed by atoms with Crippen molar-refractivity contribution in [3.63, 3.8) is 0 Å². The van der Waals surface area contributed by atoms with Gasteiger partial charge in [0.1, 0.15) is 17.4 Å². The second-order valence-electron chi connectivity index (χ2n) is 4.76. The maximum absolute atomic E-state index is 5.78. The number of nitrogens with one attached hydrogen (secondary N) is 1. The van der Waals surface area contributed by atoms with Crippen molar-refractivity contribution in [2.75, 3.05) is 5.43 Å². The summed E-state index contributed by atoms with van der Waals surface area (Å²) in [5.74, 6) is 8.03. The van der Waals surface area contributed by atoms with E-state index in [4.69, 9.17) is 10.6 Å². The smallest absolute Gasteiger partial charge is 0.224 e. The maximum atomic E-state index is 5.78. The van der Waals surface area contributed by atoms with E-state index in [1.54, 1.807) is 6.07 Å². The van der Waals surface area contributed by atoms with E-state index in [0.717, 1.165) is 15.8 Å². The number of benzene rings is 1. The van der Waals surface area contributed by atoms with Crippen LogP contribution < -0.4 is 16.0 Å². The summed E-state index contributed by atoms with van der Waals surface area (Å²) in [5, 5.41) is 0. The summed E-state index contributed by atoms with van der Waals surface area (Å²) in [4.78, 5) is 8.68. The first-order valence-corrected chi connectivity index (χ1v) is 7.08. The fraction of sp³-hybridized carbons (Fsp3) is 0.286. The van der Waals surface area contributed by atoms with Crippen molar-refractivity contribution in [3.8, 4) is 11.6 Å². The van der Waals surface area contributed by atoms with Crippen LogP contribution in [0.3, 0.4) is 0 Å². The average Bonchev–Trinajstić information content (AvgIpc) is 2.42. The molecule has 0 aliphatic carbocycles. The number of nitrogens with two attached hydrogens (primary N) is 1. The molecule has 0 spiro atoms. The molecule has 1 aromatic carbocycles. The van der Waals surface area contributed by atoms with E-state index in [9.17, 15) is 0 Å². The fourth-order valence-electron chi connectivity index (χ4n) is 1.63. The lowest BCUT2D eigenvalue weighted by Gasteiger charge is -2.11. The van der Waals surface area contributed by atoms with Gasteiger partial charge in [0.05, 0.1) is 0 Å². The quantitative estimate of drug-likeness (QED) is 0.657. The summed E-state index contributed by atoms with van der Waals surface area (Å²) in [5.41, 5.74) is 3.63. The Labute approximate surface area is 126 Å². The van der Waals surface area contributed by atoms with Crippen LogP contribution in [-0.2, 0) is 0 Å². The highest BCUT2D eigenvalue weighted by molar-refractivity contribution is 9.10. The van der Waals surface area contributed by atoms with Gasteiger partial charge in [0.2, 0.25) is 5.88 Å². The van der Waals surface area contributed by atoms with Crippen molar-refractivity contribution < 1.29 is 4.74 Å². The van der Waals surface area contributed by atoms with Gasteiger partial charge in [-0.25, -0.2) is 10.8 Å². The summed E-state index contributed by atoms with van der Waals surface area (Å²) < 4.78 is 6.82. The van der Waals surface area contributed by atoms with Crippen molar-refractivity contribution in [2.45, 2.75) is 26.7 Å². The first-order chi connectivity index (χ1) is 9.49. The third-order valence-electron chi connectivity index (χ3n) is 2.74. The lowest BCUT2D eigenvalue weighted by molar-refractivity contribution is 0.457. The third kappa shape index (κ3) is 3.46. The SMILES string of the molecule is Cc1cc(Oc2cc(NN)nc(C(C)C)n2)ccc1Br. The van der Waals surface area contributed by atoms with Crippen LogP contribution in [0.25, 0.3) is 0 Å². The number of aryl methyl sites for hydroxylation is 1. The number of nitrogens with zero attached hydrogens (tertiary/aromatic N) is 2. The number of aromatic nitrogens is 2. The van der Waals surface area contributed by atoms with Crippen molar-refractivity contribution in [2.24, 2.45) is 5.84 Å². The van der Waals surface area contributed by atoms with Crippen LogP contribution in [0.2, 0.25) is 0 Å². The zero-order valence-electron chi connectivity index (χ0n) is 11.6. The summed E-state index contributed by atoms with van der Waals surface area (Å²) in [7, 11) is 0. The predicted molar refractivity (Wildman–Crippen MR) is 82.9 cm³/mol. The van der Waals surface area contributed by atoms with Crippen LogP contribution in [0.1, 0.15) is 31.2 Å². The van der Waals surface area contributed by atoms with E-state index in [1.807, 2.05) is 39.0 Å². The van der Waals surface area contributed by atoms with Crippen LogP contribution >= 0.6 is 15.9 Å². The second-order valence-corrected chi connectivity index (χ2v) is 5.62. The molecule has 0 amide bonds. The van der Waals surface area contributed by atoms with Gasteiger partial charge in [0.25, 0.3) is 0 Å². The lowest BCUT2D eigenvalue weighted by Crippen LogP contribution is -2.11. The molecule has 106 valence electrons. The molecule has 0 saturated carbocycles. The van der Waals surface area contributed by atoms with E-state index in [1.165, 1.54) is 0 Å². The predicted octanol–water partition coefficient (Wildman–Crippen LogP) is 3.75. The molecule has 0 aliphatic rings. The van der Waals surface area contributed by atoms with Crippen LogP contribution in [0.5, 0.6) is 11.6 Å². The van der Waals surface area contributed by atoms with Gasteiger partial charge in [0, 0.05) is 16.5 Å². The Balaban J connectivity index is 2.32. The summed E-state index contributed by atoms with van der Waals surface area (Å²) in [6, 6.07) is 7.43. The number of hydrazine groups is 1. The van der Waals surface area contributed by atoms with Crippen LogP contribution in [0, 0.1) is 6.92 Å². The van der Waals surface area contributed by atoms with E-state index >= 15 is 0 Å². The van der Waals surface area contributed by atoms with Gasteiger partial charge in [0.15, 0.2) is 0 Å². The molecule has 20 heavy (non-hydrogen) atoms. The molecule has 2 rings (SSSR count). The minimum Gasteiger partial charge on any atom is -0.439 e. The molecule has 6 heteroatoms. The third-order valence-corrected chi connectivity index (χ3v) is 3.63. The number of ether oxygens (including phenoxy) is 1. The highest BCUT2D eigenvalue weighted by Crippen LogP contribution is 2.27. The van der Waals surface area contributed by atoms with Crippen molar-refractivity contribution >= 4 is 21.7 Å². The number of hydrogen-bond acceptors (Lipinski definition) is 5. The first-order valence-electron chi connectivity index (χ1n) is 6.29. The van der Waals surface area contributed by atoms with E-state index in [2.05, 4.69) is 31.3 Å². The highest BCUT2D eigenvalue weighted by atomic mass is 79.9. The van der Waals surface area contributed by atoms with Crippen LogP contribution in [0.15, 0.2) is 28.7 Å². The van der Waals surface area contributed by atoms with E-state index < -0.39 is 0 Å². The highest BCUT2D eigenvalue weighted by Gasteiger charge is 2.09. The molecule has 0 fully saturated rings. The van der Waals surface area contributed by atoms with Crippen LogP contribution in [-0.4, -0.2) is 9.97 Å². The largest absolute Gasteiger partial charge is 0.439 e. The van der Waals surface area contributed by atoms with Gasteiger partial charge >= 0.3 is 0 Å². The second kappa shape index (κ2) is 6.19. The average molecular weight is 337 g/mol. The number of hydrogen-bond donors (Lipinski definition) is 2. The minimum absolute atomic E-state index is 0.192. The fourth-order valence-corrected chi connectivity index (χ4v) is 1.88. The normalized spacial score (nSPS) is 10.7. The molecule has 2 aromatic rings. The van der Waals surface area contributed by atoms with E-state index in [0.29, 0.717) is 17.5 Å². The Morgan fingerprint density at radius 2 is 2.00 bits per heavy atom. The van der Waals surface area contributed by atoms with Gasteiger partial charge in [-0.05, 0) is 30.7 Å². The molecule has 5 nitrogen and oxygen atoms in total. The molecule has 0 unspecified atom stereocenters. The summed E-state index contributed by atoms with van der Waals surface area (Å²) in [6.45, 7) is 6.04. The Morgan fingerprint density at radius 3 is 2.60 bits per heavy atom. The summed E-state index contributed by atoms with van der Waals surface area (Å²) in [6.07, 6.45) is 0.